The van der Waals surface area contributed by atoms with Crippen LogP contribution < -0.4 is 10.2 Å². The first kappa shape index (κ1) is 16.8. The fourth-order valence-electron chi connectivity index (χ4n) is 2.86. The van der Waals surface area contributed by atoms with Gasteiger partial charge in [-0.15, -0.1) is 0 Å². The Kier molecular flexibility index (Phi) is 4.87. The number of anilines is 1. The summed E-state index contributed by atoms with van der Waals surface area (Å²) < 4.78 is 13.1. The predicted octanol–water partition coefficient (Wildman–Crippen LogP) is 0.693. The van der Waals surface area contributed by atoms with E-state index in [-0.39, 0.29) is 23.3 Å². The number of likely N-dealkylation sites (N-methyl/N-ethyl adjacent to an activating group) is 1. The number of aromatic nitrogens is 2. The predicted molar refractivity (Wildman–Crippen MR) is 89.5 cm³/mol. The number of amides is 2. The number of piperazine rings is 1. The van der Waals surface area contributed by atoms with Crippen molar-refractivity contribution < 1.29 is 14.0 Å². The highest BCUT2D eigenvalue weighted by Crippen LogP contribution is 2.21. The van der Waals surface area contributed by atoms with Gasteiger partial charge in [0.05, 0.1) is 6.20 Å². The van der Waals surface area contributed by atoms with E-state index in [2.05, 4.69) is 15.3 Å². The standard InChI is InChI=1S/C17H18FN5O2/c1-19-16(24)15-11-22(13-4-2-12(18)3-5-13)8-9-23(15)17(25)14-10-20-6-7-21-14/h2-7,10,15H,8-9,11H2,1H3,(H,19,24). The minimum atomic E-state index is -0.668. The second-order valence-corrected chi connectivity index (χ2v) is 5.64. The first-order valence-corrected chi connectivity index (χ1v) is 7.89. The lowest BCUT2D eigenvalue weighted by Gasteiger charge is -2.41. The van der Waals surface area contributed by atoms with Crippen LogP contribution >= 0.6 is 0 Å². The number of halogens is 1. The zero-order valence-corrected chi connectivity index (χ0v) is 13.7. The molecule has 1 aliphatic rings. The van der Waals surface area contributed by atoms with E-state index in [9.17, 15) is 14.0 Å². The Morgan fingerprint density at radius 3 is 2.60 bits per heavy atom. The molecule has 8 heteroatoms. The van der Waals surface area contributed by atoms with Gasteiger partial charge < -0.3 is 15.1 Å². The lowest BCUT2D eigenvalue weighted by atomic mass is 10.1. The van der Waals surface area contributed by atoms with E-state index in [4.69, 9.17) is 0 Å². The molecule has 3 rings (SSSR count). The van der Waals surface area contributed by atoms with E-state index in [0.717, 1.165) is 5.69 Å². The zero-order chi connectivity index (χ0) is 17.8. The SMILES string of the molecule is CNC(=O)C1CN(c2ccc(F)cc2)CCN1C(=O)c1cnccn1. The number of carbonyl (C=O) groups excluding carboxylic acids is 2. The van der Waals surface area contributed by atoms with E-state index in [0.29, 0.717) is 19.6 Å². The fraction of sp³-hybridized carbons (Fsp3) is 0.294. The largest absolute Gasteiger partial charge is 0.367 e. The fourth-order valence-corrected chi connectivity index (χ4v) is 2.86. The van der Waals surface area contributed by atoms with Crippen LogP contribution in [0, 0.1) is 5.82 Å². The summed E-state index contributed by atoms with van der Waals surface area (Å²) in [5.41, 5.74) is 1.01. The number of nitrogens with one attached hydrogen (secondary N) is 1. The average molecular weight is 343 g/mol. The van der Waals surface area contributed by atoms with Gasteiger partial charge >= 0.3 is 0 Å². The van der Waals surface area contributed by atoms with Gasteiger partial charge in [0, 0.05) is 44.8 Å². The molecular weight excluding hydrogens is 325 g/mol. The highest BCUT2D eigenvalue weighted by molar-refractivity contribution is 5.96. The van der Waals surface area contributed by atoms with Crippen molar-refractivity contribution in [2.24, 2.45) is 0 Å². The van der Waals surface area contributed by atoms with Crippen molar-refractivity contribution in [2.45, 2.75) is 6.04 Å². The third kappa shape index (κ3) is 3.57. The maximum atomic E-state index is 13.1. The third-order valence-corrected chi connectivity index (χ3v) is 4.16. The minimum absolute atomic E-state index is 0.201. The third-order valence-electron chi connectivity index (χ3n) is 4.16. The first-order valence-electron chi connectivity index (χ1n) is 7.89. The van der Waals surface area contributed by atoms with E-state index < -0.39 is 6.04 Å². The van der Waals surface area contributed by atoms with E-state index in [1.54, 1.807) is 12.1 Å². The quantitative estimate of drug-likeness (QED) is 0.887. The van der Waals surface area contributed by atoms with Crippen molar-refractivity contribution in [3.8, 4) is 0 Å². The molecule has 1 N–H and O–H groups in total. The molecule has 0 radical (unpaired) electrons. The molecular formula is C17H18FN5O2. The molecule has 2 amide bonds. The first-order chi connectivity index (χ1) is 12.1. The number of carbonyl (C=O) groups is 2. The molecule has 0 spiro atoms. The molecule has 0 saturated carbocycles. The number of rotatable bonds is 3. The number of hydrogen-bond donors (Lipinski definition) is 1. The van der Waals surface area contributed by atoms with Crippen molar-refractivity contribution in [3.63, 3.8) is 0 Å². The molecule has 1 aromatic carbocycles. The van der Waals surface area contributed by atoms with Gasteiger partial charge in [0.1, 0.15) is 17.6 Å². The van der Waals surface area contributed by atoms with E-state index in [1.165, 1.54) is 42.7 Å². The van der Waals surface area contributed by atoms with Crippen molar-refractivity contribution in [2.75, 3.05) is 31.6 Å². The maximum absolute atomic E-state index is 13.1. The van der Waals surface area contributed by atoms with Crippen molar-refractivity contribution in [3.05, 3.63) is 54.4 Å². The lowest BCUT2D eigenvalue weighted by molar-refractivity contribution is -0.125. The van der Waals surface area contributed by atoms with Gasteiger partial charge in [-0.05, 0) is 24.3 Å². The summed E-state index contributed by atoms with van der Waals surface area (Å²) in [6, 6.07) is 5.41. The molecule has 1 aliphatic heterocycles. The molecule has 2 aromatic rings. The molecule has 1 unspecified atom stereocenters. The van der Waals surface area contributed by atoms with Crippen LogP contribution in [0.4, 0.5) is 10.1 Å². The minimum Gasteiger partial charge on any atom is -0.367 e. The average Bonchev–Trinajstić information content (AvgIpc) is 2.67. The summed E-state index contributed by atoms with van der Waals surface area (Å²) in [7, 11) is 1.53. The Morgan fingerprint density at radius 1 is 1.20 bits per heavy atom. The monoisotopic (exact) mass is 343 g/mol. The Balaban J connectivity index is 1.82. The molecule has 1 aromatic heterocycles. The summed E-state index contributed by atoms with van der Waals surface area (Å²) in [5.74, 6) is -0.910. The molecule has 2 heterocycles. The second kappa shape index (κ2) is 7.25. The molecule has 1 fully saturated rings. The molecule has 130 valence electrons. The number of benzene rings is 1. The smallest absolute Gasteiger partial charge is 0.274 e. The van der Waals surface area contributed by atoms with Crippen LogP contribution in [0.1, 0.15) is 10.5 Å². The summed E-state index contributed by atoms with van der Waals surface area (Å²) in [6.45, 7) is 1.20. The summed E-state index contributed by atoms with van der Waals surface area (Å²) in [6.07, 6.45) is 4.31. The molecule has 0 aliphatic carbocycles. The van der Waals surface area contributed by atoms with Crippen LogP contribution in [0.3, 0.4) is 0 Å². The van der Waals surface area contributed by atoms with Gasteiger partial charge in [0.15, 0.2) is 0 Å². The van der Waals surface area contributed by atoms with Gasteiger partial charge in [-0.25, -0.2) is 9.37 Å². The molecule has 1 atom stereocenters. The number of hydrogen-bond acceptors (Lipinski definition) is 5. The van der Waals surface area contributed by atoms with Gasteiger partial charge in [-0.3, -0.25) is 14.6 Å². The highest BCUT2D eigenvalue weighted by Gasteiger charge is 2.36. The van der Waals surface area contributed by atoms with Gasteiger partial charge in [0.2, 0.25) is 5.91 Å². The normalized spacial score (nSPS) is 17.3. The topological polar surface area (TPSA) is 78.4 Å². The molecule has 7 nitrogen and oxygen atoms in total. The zero-order valence-electron chi connectivity index (χ0n) is 13.7. The van der Waals surface area contributed by atoms with Crippen LogP contribution in [-0.2, 0) is 4.79 Å². The Hall–Kier alpha value is -3.03. The number of nitrogens with zero attached hydrogens (tertiary/aromatic N) is 4. The maximum Gasteiger partial charge on any atom is 0.274 e. The van der Waals surface area contributed by atoms with Crippen LogP contribution in [0.25, 0.3) is 0 Å². The Bertz CT molecular complexity index is 753. The van der Waals surface area contributed by atoms with Crippen LogP contribution in [0.5, 0.6) is 0 Å². The summed E-state index contributed by atoms with van der Waals surface area (Å²) in [5, 5.41) is 2.60. The lowest BCUT2D eigenvalue weighted by Crippen LogP contribution is -2.60. The van der Waals surface area contributed by atoms with E-state index in [1.807, 2.05) is 4.90 Å². The van der Waals surface area contributed by atoms with Gasteiger partial charge in [0.25, 0.3) is 5.91 Å². The van der Waals surface area contributed by atoms with E-state index >= 15 is 0 Å². The molecule has 1 saturated heterocycles. The van der Waals surface area contributed by atoms with Crippen molar-refractivity contribution >= 4 is 17.5 Å². The van der Waals surface area contributed by atoms with Crippen molar-refractivity contribution in [1.82, 2.24) is 20.2 Å². The summed E-state index contributed by atoms with van der Waals surface area (Å²) >= 11 is 0. The van der Waals surface area contributed by atoms with Gasteiger partial charge in [-0.1, -0.05) is 0 Å². The molecule has 25 heavy (non-hydrogen) atoms. The summed E-state index contributed by atoms with van der Waals surface area (Å²) in [4.78, 5) is 36.4. The van der Waals surface area contributed by atoms with Crippen LogP contribution in [0.2, 0.25) is 0 Å². The van der Waals surface area contributed by atoms with Gasteiger partial charge in [-0.2, -0.15) is 0 Å². The van der Waals surface area contributed by atoms with Crippen LogP contribution in [0.15, 0.2) is 42.9 Å². The Labute approximate surface area is 144 Å². The Morgan fingerprint density at radius 2 is 1.96 bits per heavy atom. The van der Waals surface area contributed by atoms with Crippen LogP contribution in [-0.4, -0.2) is 59.4 Å². The molecule has 0 bridgehead atoms. The van der Waals surface area contributed by atoms with Crippen molar-refractivity contribution in [1.29, 1.82) is 0 Å². The highest BCUT2D eigenvalue weighted by atomic mass is 19.1. The second-order valence-electron chi connectivity index (χ2n) is 5.64.